The van der Waals surface area contributed by atoms with Gasteiger partial charge in [-0.1, -0.05) is 26.3 Å². The average Bonchev–Trinajstić information content (AvgIpc) is 3.03. The van der Waals surface area contributed by atoms with E-state index in [4.69, 9.17) is 0 Å². The van der Waals surface area contributed by atoms with Gasteiger partial charge in [0.1, 0.15) is 6.04 Å². The zero-order valence-electron chi connectivity index (χ0n) is 15.9. The molecule has 0 aromatic heterocycles. The lowest BCUT2D eigenvalue weighted by atomic mass is 10.1. The van der Waals surface area contributed by atoms with E-state index in [0.717, 1.165) is 24.2 Å². The van der Waals surface area contributed by atoms with Crippen LogP contribution in [0.5, 0.6) is 0 Å². The minimum atomic E-state index is -0.149. The molecule has 0 aromatic carbocycles. The SMILES string of the molecule is CCC.CN1C=NC2C=CC(NCCCN3CCCC3)=CC=C2C1=O. The predicted molar refractivity (Wildman–Crippen MR) is 105 cm³/mol. The van der Waals surface area contributed by atoms with Gasteiger partial charge in [0, 0.05) is 24.9 Å². The molecule has 0 spiro atoms. The number of carbonyl (C=O) groups is 1. The summed E-state index contributed by atoms with van der Waals surface area (Å²) in [5.41, 5.74) is 1.78. The molecule has 5 heteroatoms. The van der Waals surface area contributed by atoms with Crippen LogP contribution in [0.25, 0.3) is 0 Å². The fraction of sp³-hybridized carbons (Fsp3) is 0.600. The van der Waals surface area contributed by atoms with E-state index in [0.29, 0.717) is 0 Å². The summed E-state index contributed by atoms with van der Waals surface area (Å²) < 4.78 is 0. The maximum absolute atomic E-state index is 12.1. The van der Waals surface area contributed by atoms with Gasteiger partial charge in [-0.2, -0.15) is 0 Å². The highest BCUT2D eigenvalue weighted by molar-refractivity contribution is 6.03. The average molecular weight is 345 g/mol. The molecule has 0 radical (unpaired) electrons. The van der Waals surface area contributed by atoms with E-state index in [1.807, 2.05) is 24.3 Å². The molecule has 2 aliphatic heterocycles. The Labute approximate surface area is 152 Å². The van der Waals surface area contributed by atoms with E-state index in [9.17, 15) is 4.79 Å². The Morgan fingerprint density at radius 2 is 1.96 bits per heavy atom. The van der Waals surface area contributed by atoms with Crippen LogP contribution in [0.4, 0.5) is 0 Å². The molecule has 1 aliphatic carbocycles. The fourth-order valence-electron chi connectivity index (χ4n) is 3.05. The van der Waals surface area contributed by atoms with E-state index in [-0.39, 0.29) is 11.9 Å². The number of fused-ring (bicyclic) bond motifs is 1. The van der Waals surface area contributed by atoms with Gasteiger partial charge in [-0.25, -0.2) is 0 Å². The molecule has 0 saturated carbocycles. The van der Waals surface area contributed by atoms with Crippen LogP contribution >= 0.6 is 0 Å². The van der Waals surface area contributed by atoms with Gasteiger partial charge in [-0.15, -0.1) is 0 Å². The van der Waals surface area contributed by atoms with Crippen LogP contribution in [0.2, 0.25) is 0 Å². The second-order valence-corrected chi connectivity index (χ2v) is 6.76. The van der Waals surface area contributed by atoms with Crippen molar-refractivity contribution in [3.8, 4) is 0 Å². The van der Waals surface area contributed by atoms with Crippen LogP contribution in [0.15, 0.2) is 40.6 Å². The van der Waals surface area contributed by atoms with Gasteiger partial charge in [-0.05, 0) is 57.1 Å². The quantitative estimate of drug-likeness (QED) is 0.780. The summed E-state index contributed by atoms with van der Waals surface area (Å²) in [6, 6.07) is -0.149. The first kappa shape index (κ1) is 19.4. The summed E-state index contributed by atoms with van der Waals surface area (Å²) in [5.74, 6) is 0.0242. The number of hydrogen-bond acceptors (Lipinski definition) is 4. The summed E-state index contributed by atoms with van der Waals surface area (Å²) in [6.07, 6.45) is 14.6. The number of amides is 1. The number of likely N-dealkylation sites (N-methyl/N-ethyl adjacent to an activating group) is 1. The minimum absolute atomic E-state index is 0.0242. The zero-order valence-corrected chi connectivity index (χ0v) is 15.9. The van der Waals surface area contributed by atoms with E-state index in [1.54, 1.807) is 13.4 Å². The summed E-state index contributed by atoms with van der Waals surface area (Å²) in [5, 5.41) is 3.45. The van der Waals surface area contributed by atoms with Crippen molar-refractivity contribution in [2.75, 3.05) is 33.2 Å². The largest absolute Gasteiger partial charge is 0.385 e. The maximum atomic E-state index is 12.1. The Kier molecular flexibility index (Phi) is 7.92. The molecule has 1 N–H and O–H groups in total. The number of allylic oxidation sites excluding steroid dienone is 3. The molecule has 1 amide bonds. The third kappa shape index (κ3) is 5.85. The van der Waals surface area contributed by atoms with Gasteiger partial charge in [0.05, 0.1) is 6.34 Å². The maximum Gasteiger partial charge on any atom is 0.257 e. The molecule has 3 rings (SSSR count). The Hall–Kier alpha value is -1.88. The number of carbonyl (C=O) groups excluding carboxylic acids is 1. The molecule has 25 heavy (non-hydrogen) atoms. The molecular weight excluding hydrogens is 312 g/mol. The lowest BCUT2D eigenvalue weighted by molar-refractivity contribution is -0.122. The van der Waals surface area contributed by atoms with E-state index in [1.165, 1.54) is 43.8 Å². The van der Waals surface area contributed by atoms with Crippen molar-refractivity contribution in [3.05, 3.63) is 35.6 Å². The van der Waals surface area contributed by atoms with E-state index >= 15 is 0 Å². The molecule has 5 nitrogen and oxygen atoms in total. The van der Waals surface area contributed by atoms with Crippen LogP contribution in [0.1, 0.15) is 39.5 Å². The highest BCUT2D eigenvalue weighted by atomic mass is 16.2. The molecule has 2 heterocycles. The molecule has 0 bridgehead atoms. The second kappa shape index (κ2) is 10.2. The summed E-state index contributed by atoms with van der Waals surface area (Å²) in [7, 11) is 1.73. The van der Waals surface area contributed by atoms with Gasteiger partial charge in [0.2, 0.25) is 0 Å². The molecular formula is C20H32N4O. The van der Waals surface area contributed by atoms with Crippen LogP contribution in [0.3, 0.4) is 0 Å². The number of nitrogens with one attached hydrogen (secondary N) is 1. The topological polar surface area (TPSA) is 47.9 Å². The van der Waals surface area contributed by atoms with Crippen LogP contribution in [0, 0.1) is 0 Å². The Morgan fingerprint density at radius 1 is 1.24 bits per heavy atom. The third-order valence-electron chi connectivity index (χ3n) is 4.37. The zero-order chi connectivity index (χ0) is 18.1. The van der Waals surface area contributed by atoms with Gasteiger partial charge in [0.15, 0.2) is 0 Å². The number of aliphatic imine (C=N–C) groups is 1. The van der Waals surface area contributed by atoms with Gasteiger partial charge in [0.25, 0.3) is 5.91 Å². The Morgan fingerprint density at radius 3 is 2.68 bits per heavy atom. The number of nitrogens with zero attached hydrogens (tertiary/aromatic N) is 3. The van der Waals surface area contributed by atoms with Gasteiger partial charge < -0.3 is 15.1 Å². The predicted octanol–water partition coefficient (Wildman–Crippen LogP) is 2.73. The third-order valence-corrected chi connectivity index (χ3v) is 4.37. The van der Waals surface area contributed by atoms with E-state index < -0.39 is 0 Å². The normalized spacial score (nSPS) is 22.6. The van der Waals surface area contributed by atoms with Crippen LogP contribution in [-0.4, -0.2) is 61.3 Å². The first-order valence-electron chi connectivity index (χ1n) is 9.52. The van der Waals surface area contributed by atoms with Crippen molar-refractivity contribution in [2.24, 2.45) is 4.99 Å². The molecule has 1 atom stereocenters. The lowest BCUT2D eigenvalue weighted by Gasteiger charge is -2.22. The highest BCUT2D eigenvalue weighted by Gasteiger charge is 2.25. The van der Waals surface area contributed by atoms with Crippen molar-refractivity contribution in [1.29, 1.82) is 0 Å². The smallest absolute Gasteiger partial charge is 0.257 e. The summed E-state index contributed by atoms with van der Waals surface area (Å²) in [4.78, 5) is 20.5. The Bertz CT molecular complexity index is 556. The van der Waals surface area contributed by atoms with Crippen molar-refractivity contribution >= 4 is 12.2 Å². The van der Waals surface area contributed by atoms with E-state index in [2.05, 4.69) is 29.1 Å². The molecule has 1 unspecified atom stereocenters. The molecule has 1 saturated heterocycles. The number of hydrogen-bond donors (Lipinski definition) is 1. The summed E-state index contributed by atoms with van der Waals surface area (Å²) >= 11 is 0. The number of rotatable bonds is 5. The minimum Gasteiger partial charge on any atom is -0.385 e. The van der Waals surface area contributed by atoms with Crippen molar-refractivity contribution < 1.29 is 4.79 Å². The second-order valence-electron chi connectivity index (χ2n) is 6.76. The van der Waals surface area contributed by atoms with Crippen molar-refractivity contribution in [1.82, 2.24) is 15.1 Å². The molecule has 138 valence electrons. The number of likely N-dealkylation sites (tertiary alicyclic amines) is 1. The first-order chi connectivity index (χ1) is 12.2. The van der Waals surface area contributed by atoms with Crippen molar-refractivity contribution in [2.45, 2.75) is 45.6 Å². The van der Waals surface area contributed by atoms with Gasteiger partial charge >= 0.3 is 0 Å². The Balaban J connectivity index is 0.000000701. The van der Waals surface area contributed by atoms with Crippen LogP contribution < -0.4 is 5.32 Å². The van der Waals surface area contributed by atoms with Gasteiger partial charge in [-0.3, -0.25) is 9.79 Å². The van der Waals surface area contributed by atoms with Crippen LogP contribution in [-0.2, 0) is 4.79 Å². The standard InChI is InChI=1S/C17H24N4O.C3H8/c1-20-13-19-16-8-6-14(5-7-15(16)17(20)22)18-9-4-12-21-10-2-3-11-21;1-3-2/h5-8,13,16,18H,2-4,9-12H2,1H3;3H2,1-2H3. The van der Waals surface area contributed by atoms with Crippen molar-refractivity contribution in [3.63, 3.8) is 0 Å². The summed E-state index contributed by atoms with van der Waals surface area (Å²) in [6.45, 7) is 8.88. The molecule has 0 aromatic rings. The molecule has 1 fully saturated rings. The first-order valence-corrected chi connectivity index (χ1v) is 9.52. The molecule has 3 aliphatic rings. The monoisotopic (exact) mass is 344 g/mol. The highest BCUT2D eigenvalue weighted by Crippen LogP contribution is 2.19. The lowest BCUT2D eigenvalue weighted by Crippen LogP contribution is -2.35. The fourth-order valence-corrected chi connectivity index (χ4v) is 3.05.